The van der Waals surface area contributed by atoms with Gasteiger partial charge in [-0.1, -0.05) is 382 Å². The Balaban J connectivity index is 0.000000115. The van der Waals surface area contributed by atoms with E-state index in [9.17, 15) is 0 Å². The predicted molar refractivity (Wildman–Crippen MR) is 614 cm³/mol. The summed E-state index contributed by atoms with van der Waals surface area (Å²) >= 11 is 0. The Kier molecular flexibility index (Phi) is 23.9. The van der Waals surface area contributed by atoms with Crippen LogP contribution >= 0.6 is 0 Å². The molecule has 22 aromatic carbocycles. The molecule has 0 amide bonds. The molecular weight excluding hydrogens is 1790 g/mol. The van der Waals surface area contributed by atoms with Gasteiger partial charge in [-0.15, -0.1) is 0 Å². The van der Waals surface area contributed by atoms with Crippen LogP contribution in [0.5, 0.6) is 0 Å². The second-order valence-corrected chi connectivity index (χ2v) is 36.5. The number of anilines is 9. The lowest BCUT2D eigenvalue weighted by atomic mass is 9.81. The van der Waals surface area contributed by atoms with Gasteiger partial charge in [0, 0.05) is 78.0 Å². The Bertz CT molecular complexity index is 8470. The van der Waals surface area contributed by atoms with E-state index in [-0.39, 0.29) is 0 Å². The third-order valence-electron chi connectivity index (χ3n) is 28.0. The van der Waals surface area contributed by atoms with Crippen molar-refractivity contribution in [2.24, 2.45) is 0 Å². The zero-order valence-electron chi connectivity index (χ0n) is 80.1. The zero-order chi connectivity index (χ0) is 97.7. The highest BCUT2D eigenvalue weighted by atomic mass is 15.2. The Morgan fingerprint density at radius 1 is 0.129 bits per heavy atom. The predicted octanol–water partition coefficient (Wildman–Crippen LogP) is 36.6. The molecule has 0 bridgehead atoms. The molecule has 0 aliphatic rings. The van der Waals surface area contributed by atoms with Crippen molar-refractivity contribution >= 4 is 148 Å². The lowest BCUT2D eigenvalue weighted by Gasteiger charge is -2.26. The second kappa shape index (κ2) is 39.7. The number of pyridine rings is 3. The molecule has 0 aliphatic carbocycles. The van der Waals surface area contributed by atoms with Gasteiger partial charge in [0.25, 0.3) is 0 Å². The van der Waals surface area contributed by atoms with Gasteiger partial charge in [-0.25, -0.2) is 9.97 Å². The maximum atomic E-state index is 4.66. The van der Waals surface area contributed by atoms with E-state index in [1.165, 1.54) is 192 Å². The highest BCUT2D eigenvalue weighted by molar-refractivity contribution is 6.37. The topological polar surface area (TPSA) is 100.0 Å². The van der Waals surface area contributed by atoms with Crippen LogP contribution in [-0.2, 0) is 0 Å². The van der Waals surface area contributed by atoms with Crippen LogP contribution in [0.4, 0.5) is 51.4 Å². The zero-order valence-corrected chi connectivity index (χ0v) is 80.1. The quantitative estimate of drug-likeness (QED) is 0.0772. The van der Waals surface area contributed by atoms with Crippen molar-refractivity contribution in [1.82, 2.24) is 34.9 Å². The highest BCUT2D eigenvalue weighted by Crippen LogP contribution is 2.56. The van der Waals surface area contributed by atoms with Crippen LogP contribution in [0.25, 0.3) is 197 Å². The summed E-state index contributed by atoms with van der Waals surface area (Å²) in [4.78, 5) is 37.9. The Labute approximate surface area is 851 Å². The fraction of sp³-hybridized carbons (Fsp3) is 0. The largest absolute Gasteiger partial charge is 0.310 e. The van der Waals surface area contributed by atoms with Gasteiger partial charge in [0.05, 0.1) is 36.2 Å². The maximum absolute atomic E-state index is 4.66. The molecule has 5 heterocycles. The SMILES string of the molecule is c1ccc(-c2cc(-c3ccccc3)c3c4ccccc4c4cc(N(c5ccccc5)c5ccncc5)ccc4c3c2-c2ccccc2)cc1.c1ccc(-c2cc(-c3ccccc3)c3c4ccccc4c4cc(N(c5cccnc5)c5cccnc5)ccc4c3c2-c2ccccc2)cc1.c1ccc(-c2cc(-c3ccccc3)c3c4ccccc4c4cc(N(c5cnccn5)c5cnccn5)ccc4c3c2-c2ccccc2)cc1. The van der Waals surface area contributed by atoms with Crippen LogP contribution in [-0.4, -0.2) is 34.9 Å². The number of hydrogen-bond donors (Lipinski definition) is 0. The molecule has 147 heavy (non-hydrogen) atoms. The van der Waals surface area contributed by atoms with Gasteiger partial charge in [0.1, 0.15) is 0 Å². The van der Waals surface area contributed by atoms with E-state index in [2.05, 4.69) is 518 Å². The molecule has 27 rings (SSSR count). The molecular formula is C137H92N10. The molecule has 0 atom stereocenters. The molecule has 27 aromatic rings. The average Bonchev–Trinajstić information content (AvgIpc) is 0.714. The summed E-state index contributed by atoms with van der Waals surface area (Å²) in [5, 5.41) is 22.0. The van der Waals surface area contributed by atoms with E-state index in [1.807, 2.05) is 54.2 Å². The summed E-state index contributed by atoms with van der Waals surface area (Å²) in [6, 6.07) is 175. The number of nitrogens with zero attached hydrogens (tertiary/aromatic N) is 10. The lowest BCUT2D eigenvalue weighted by Crippen LogP contribution is -2.13. The molecule has 0 spiro atoms. The first-order valence-electron chi connectivity index (χ1n) is 49.6. The highest BCUT2D eigenvalue weighted by Gasteiger charge is 2.29. The molecule has 690 valence electrons. The molecule has 0 radical (unpaired) electrons. The monoisotopic (exact) mass is 1880 g/mol. The molecule has 0 fully saturated rings. The summed E-state index contributed by atoms with van der Waals surface area (Å²) in [7, 11) is 0. The van der Waals surface area contributed by atoms with Crippen LogP contribution in [0.15, 0.2) is 560 Å². The smallest absolute Gasteiger partial charge is 0.157 e. The van der Waals surface area contributed by atoms with Gasteiger partial charge >= 0.3 is 0 Å². The van der Waals surface area contributed by atoms with Crippen molar-refractivity contribution in [3.05, 3.63) is 560 Å². The van der Waals surface area contributed by atoms with E-state index in [4.69, 9.17) is 0 Å². The van der Waals surface area contributed by atoms with Crippen LogP contribution < -0.4 is 14.7 Å². The fourth-order valence-corrected chi connectivity index (χ4v) is 21.8. The van der Waals surface area contributed by atoms with Crippen LogP contribution in [0.2, 0.25) is 0 Å². The summed E-state index contributed by atoms with van der Waals surface area (Å²) in [5.74, 6) is 1.32. The molecule has 0 N–H and O–H groups in total. The Hall–Kier alpha value is -19.8. The molecule has 10 heteroatoms. The van der Waals surface area contributed by atoms with Crippen LogP contribution in [0, 0.1) is 0 Å². The third-order valence-corrected chi connectivity index (χ3v) is 28.0. The summed E-state index contributed by atoms with van der Waals surface area (Å²) in [6.07, 6.45) is 21.4. The summed E-state index contributed by atoms with van der Waals surface area (Å²) < 4.78 is 0. The minimum absolute atomic E-state index is 0.662. The van der Waals surface area contributed by atoms with Gasteiger partial charge in [-0.2, -0.15) is 0 Å². The first-order chi connectivity index (χ1) is 73.0. The lowest BCUT2D eigenvalue weighted by molar-refractivity contribution is 1.07. The first-order valence-corrected chi connectivity index (χ1v) is 49.6. The van der Waals surface area contributed by atoms with Crippen molar-refractivity contribution in [3.63, 3.8) is 0 Å². The van der Waals surface area contributed by atoms with Gasteiger partial charge in [0.2, 0.25) is 0 Å². The number of hydrogen-bond acceptors (Lipinski definition) is 10. The van der Waals surface area contributed by atoms with E-state index < -0.39 is 0 Å². The fourth-order valence-electron chi connectivity index (χ4n) is 21.8. The van der Waals surface area contributed by atoms with Crippen molar-refractivity contribution in [2.75, 3.05) is 14.7 Å². The minimum atomic E-state index is 0.662. The van der Waals surface area contributed by atoms with Gasteiger partial charge < -0.3 is 9.80 Å². The van der Waals surface area contributed by atoms with Gasteiger partial charge in [-0.05, 0) is 300 Å². The number of benzene rings is 22. The van der Waals surface area contributed by atoms with Crippen LogP contribution in [0.3, 0.4) is 0 Å². The van der Waals surface area contributed by atoms with Crippen molar-refractivity contribution in [1.29, 1.82) is 0 Å². The number of rotatable bonds is 18. The van der Waals surface area contributed by atoms with E-state index >= 15 is 0 Å². The molecule has 0 saturated carbocycles. The Morgan fingerprint density at radius 3 is 0.667 bits per heavy atom. The van der Waals surface area contributed by atoms with Crippen LogP contribution in [0.1, 0.15) is 0 Å². The normalized spacial score (nSPS) is 11.3. The van der Waals surface area contributed by atoms with Crippen molar-refractivity contribution in [2.45, 2.75) is 0 Å². The molecule has 0 unspecified atom stereocenters. The summed E-state index contributed by atoms with van der Waals surface area (Å²) in [5.41, 5.74) is 28.9. The second-order valence-electron chi connectivity index (χ2n) is 36.5. The van der Waals surface area contributed by atoms with Crippen molar-refractivity contribution < 1.29 is 0 Å². The summed E-state index contributed by atoms with van der Waals surface area (Å²) in [6.45, 7) is 0. The minimum Gasteiger partial charge on any atom is -0.310 e. The van der Waals surface area contributed by atoms with E-state index in [0.717, 1.165) is 45.2 Å². The van der Waals surface area contributed by atoms with Gasteiger partial charge in [-0.3, -0.25) is 29.8 Å². The number of fused-ring (bicyclic) bond motifs is 18. The first kappa shape index (κ1) is 88.6. The van der Waals surface area contributed by atoms with Crippen molar-refractivity contribution in [3.8, 4) is 100 Å². The molecule has 0 saturated heterocycles. The van der Waals surface area contributed by atoms with E-state index in [1.54, 1.807) is 37.2 Å². The standard InChI is InChI=1S/C47H32N2.C46H31N3.C44H29N5/c1-5-15-33(16-6-1)42-32-43(34-17-7-2-8-18-34)46-40-24-14-13-23-39(40)44-31-38(25-26-41(44)47(46)45(42)35-19-9-3-10-20-35)49(36-21-11-4-12-22-36)37-27-29-48-30-28-37;1-4-14-32(15-5-1)41-29-42(33-16-6-2-7-17-33)45-39-23-11-10-22-38(39)43-28-35(24-25-40(43)46(45)44(41)34-18-8-3-9-19-34)49(36-20-12-26-47-30-36)37-21-13-27-48-31-37;1-4-12-30(13-5-1)37-27-38(31-14-6-2-7-15-31)43-35-19-11-10-18-34(35)39-26-33(20-21-36(39)44(43)42(37)32-16-8-3-9-17-32)49(40-28-45-22-24-47-40)41-29-46-23-25-48-41/h1-32H;1-31H;1-29H. The van der Waals surface area contributed by atoms with Gasteiger partial charge in [0.15, 0.2) is 11.6 Å². The third kappa shape index (κ3) is 16.8. The average molecular weight is 1880 g/mol. The molecule has 10 nitrogen and oxygen atoms in total. The maximum Gasteiger partial charge on any atom is 0.157 e. The Morgan fingerprint density at radius 2 is 0.374 bits per heavy atom. The van der Waals surface area contributed by atoms with E-state index in [0.29, 0.717) is 11.6 Å². The number of para-hydroxylation sites is 1. The number of aromatic nitrogens is 7. The molecule has 5 aromatic heterocycles. The molecule has 0 aliphatic heterocycles.